The Morgan fingerprint density at radius 1 is 0.939 bits per heavy atom. The lowest BCUT2D eigenvalue weighted by molar-refractivity contribution is -0.131. The van der Waals surface area contributed by atoms with Gasteiger partial charge in [0.25, 0.3) is 11.8 Å². The molecule has 8 rings (SSSR count). The van der Waals surface area contributed by atoms with Gasteiger partial charge in [-0.3, -0.25) is 14.4 Å². The SMILES string of the molecule is C[C@@H](CC1(c2nn[nH]n2)c2ccc(C(=O)N3CCCC3)cc2CCc2cc(C(=O)N3CCCC3)ccc21)NCC(=O)N1[C@H](C#N)C[C@@H]2C[C@@H]21. The number of nitrogens with zero attached hydrogens (tertiary/aromatic N) is 7. The highest BCUT2D eigenvalue weighted by atomic mass is 16.2. The molecule has 2 aromatic carbocycles. The molecule has 2 aliphatic carbocycles. The molecule has 12 nitrogen and oxygen atoms in total. The van der Waals surface area contributed by atoms with Crippen LogP contribution in [0.25, 0.3) is 0 Å². The van der Waals surface area contributed by atoms with Gasteiger partial charge < -0.3 is 20.0 Å². The third-order valence-corrected chi connectivity index (χ3v) is 11.6. The van der Waals surface area contributed by atoms with Crippen LogP contribution in [-0.2, 0) is 23.1 Å². The first kappa shape index (κ1) is 31.6. The van der Waals surface area contributed by atoms with E-state index in [0.717, 1.165) is 87.0 Å². The predicted molar refractivity (Wildman–Crippen MR) is 179 cm³/mol. The van der Waals surface area contributed by atoms with Crippen molar-refractivity contribution in [2.45, 2.75) is 88.3 Å². The van der Waals surface area contributed by atoms with Crippen molar-refractivity contribution in [3.63, 3.8) is 0 Å². The van der Waals surface area contributed by atoms with Crippen LogP contribution in [0.4, 0.5) is 0 Å². The summed E-state index contributed by atoms with van der Waals surface area (Å²) < 4.78 is 0. The van der Waals surface area contributed by atoms with E-state index >= 15 is 0 Å². The van der Waals surface area contributed by atoms with Crippen LogP contribution in [0.15, 0.2) is 36.4 Å². The molecule has 1 saturated carbocycles. The highest BCUT2D eigenvalue weighted by Gasteiger charge is 2.54. The lowest BCUT2D eigenvalue weighted by atomic mass is 9.67. The van der Waals surface area contributed by atoms with Gasteiger partial charge in [0.2, 0.25) is 5.91 Å². The minimum Gasteiger partial charge on any atom is -0.339 e. The van der Waals surface area contributed by atoms with Crippen LogP contribution in [-0.4, -0.2) is 104 Å². The van der Waals surface area contributed by atoms with Gasteiger partial charge in [-0.15, -0.1) is 10.2 Å². The molecule has 4 heterocycles. The molecule has 0 spiro atoms. The summed E-state index contributed by atoms with van der Waals surface area (Å²) in [6.07, 6.45) is 7.69. The van der Waals surface area contributed by atoms with E-state index in [1.165, 1.54) is 0 Å². The summed E-state index contributed by atoms with van der Waals surface area (Å²) in [5.74, 6) is 1.01. The van der Waals surface area contributed by atoms with Gasteiger partial charge in [0.05, 0.1) is 18.0 Å². The van der Waals surface area contributed by atoms with Crippen molar-refractivity contribution in [2.24, 2.45) is 5.92 Å². The third-order valence-electron chi connectivity index (χ3n) is 11.6. The number of hydrogen-bond donors (Lipinski definition) is 2. The molecule has 1 aromatic heterocycles. The van der Waals surface area contributed by atoms with E-state index in [0.29, 0.717) is 42.1 Å². The van der Waals surface area contributed by atoms with E-state index in [2.05, 4.69) is 51.1 Å². The van der Waals surface area contributed by atoms with E-state index in [1.807, 2.05) is 34.1 Å². The molecule has 0 bridgehead atoms. The van der Waals surface area contributed by atoms with Gasteiger partial charge in [-0.1, -0.05) is 17.3 Å². The quantitative estimate of drug-likeness (QED) is 0.374. The number of amides is 3. The fourth-order valence-electron chi connectivity index (χ4n) is 9.03. The number of benzene rings is 2. The number of piperidine rings is 1. The topological polar surface area (TPSA) is 151 Å². The third kappa shape index (κ3) is 5.58. The number of rotatable bonds is 8. The molecule has 49 heavy (non-hydrogen) atoms. The maximum atomic E-state index is 13.6. The minimum atomic E-state index is -0.890. The number of aromatic nitrogens is 4. The van der Waals surface area contributed by atoms with Gasteiger partial charge in [-0.2, -0.15) is 10.5 Å². The number of aryl methyl sites for hydroxylation is 2. The Morgan fingerprint density at radius 2 is 1.53 bits per heavy atom. The zero-order chi connectivity index (χ0) is 33.7. The fourth-order valence-corrected chi connectivity index (χ4v) is 9.03. The molecule has 4 atom stereocenters. The zero-order valence-electron chi connectivity index (χ0n) is 28.0. The van der Waals surface area contributed by atoms with E-state index in [9.17, 15) is 19.6 Å². The van der Waals surface area contributed by atoms with Gasteiger partial charge in [-0.05, 0) is 117 Å². The summed E-state index contributed by atoms with van der Waals surface area (Å²) in [5, 5.41) is 29.1. The number of H-pyrrole nitrogens is 1. The van der Waals surface area contributed by atoms with Gasteiger partial charge in [0.15, 0.2) is 5.82 Å². The number of likely N-dealkylation sites (tertiary alicyclic amines) is 3. The number of nitriles is 1. The van der Waals surface area contributed by atoms with Gasteiger partial charge in [-0.25, -0.2) is 0 Å². The number of fused-ring (bicyclic) bond motifs is 3. The Bertz CT molecular complexity index is 1730. The number of carbonyl (C=O) groups excluding carboxylic acids is 3. The van der Waals surface area contributed by atoms with Crippen molar-refractivity contribution in [1.82, 2.24) is 40.6 Å². The largest absolute Gasteiger partial charge is 0.339 e. The highest BCUT2D eigenvalue weighted by molar-refractivity contribution is 5.95. The summed E-state index contributed by atoms with van der Waals surface area (Å²) in [4.78, 5) is 46.2. The molecule has 3 aliphatic heterocycles. The number of hydrogen-bond acceptors (Lipinski definition) is 8. The van der Waals surface area contributed by atoms with Crippen LogP contribution in [0.2, 0.25) is 0 Å². The average molecular weight is 662 g/mol. The first-order chi connectivity index (χ1) is 23.9. The van der Waals surface area contributed by atoms with Crippen molar-refractivity contribution >= 4 is 17.7 Å². The van der Waals surface area contributed by atoms with E-state index in [-0.39, 0.29) is 42.4 Å². The monoisotopic (exact) mass is 661 g/mol. The molecular weight excluding hydrogens is 618 g/mol. The van der Waals surface area contributed by atoms with Crippen LogP contribution >= 0.6 is 0 Å². The predicted octanol–water partition coefficient (Wildman–Crippen LogP) is 2.99. The van der Waals surface area contributed by atoms with Gasteiger partial charge in [0.1, 0.15) is 6.04 Å². The standard InChI is InChI=1S/C37H43N9O3/c1-23(39-22-33(47)46-29(21-38)18-28-19-32(28)46)20-37(36-40-42-43-41-36)30-10-8-26(34(48)44-12-2-3-13-44)16-24(30)6-7-25-17-27(9-11-31(25)37)35(49)45-14-4-5-15-45/h8-11,16-17,23,28-29,32,39H,2-7,12-15,18-20,22H2,1H3,(H,40,41,42,43)/t23-,28+,29-,32-/m0/s1. The van der Waals surface area contributed by atoms with Crippen molar-refractivity contribution in [2.75, 3.05) is 32.7 Å². The van der Waals surface area contributed by atoms with Crippen LogP contribution in [0.3, 0.4) is 0 Å². The number of tetrazole rings is 1. The van der Waals surface area contributed by atoms with E-state index in [4.69, 9.17) is 0 Å². The molecule has 254 valence electrons. The molecule has 3 aromatic rings. The summed E-state index contributed by atoms with van der Waals surface area (Å²) in [6.45, 7) is 5.28. The number of nitrogens with one attached hydrogen (secondary N) is 2. The van der Waals surface area contributed by atoms with E-state index in [1.54, 1.807) is 4.90 Å². The van der Waals surface area contributed by atoms with Crippen molar-refractivity contribution in [3.05, 3.63) is 75.6 Å². The minimum absolute atomic E-state index is 0.0474. The first-order valence-corrected chi connectivity index (χ1v) is 17.9. The molecule has 12 heteroatoms. The summed E-state index contributed by atoms with van der Waals surface area (Å²) >= 11 is 0. The summed E-state index contributed by atoms with van der Waals surface area (Å²) in [6, 6.07) is 14.0. The second-order valence-corrected chi connectivity index (χ2v) is 14.6. The Balaban J connectivity index is 1.17. The maximum Gasteiger partial charge on any atom is 0.253 e. The lowest BCUT2D eigenvalue weighted by Crippen LogP contribution is -2.46. The average Bonchev–Trinajstić information content (AvgIpc) is 3.74. The molecule has 0 radical (unpaired) electrons. The van der Waals surface area contributed by atoms with Gasteiger partial charge >= 0.3 is 0 Å². The highest BCUT2D eigenvalue weighted by Crippen LogP contribution is 2.48. The Kier molecular flexibility index (Phi) is 8.18. The van der Waals surface area contributed by atoms with Crippen LogP contribution in [0.1, 0.15) is 101 Å². The molecule has 0 unspecified atom stereocenters. The van der Waals surface area contributed by atoms with Crippen molar-refractivity contribution in [1.29, 1.82) is 5.26 Å². The summed E-state index contributed by atoms with van der Waals surface area (Å²) in [7, 11) is 0. The molecule has 5 aliphatic rings. The number of aromatic amines is 1. The lowest BCUT2D eigenvalue weighted by Gasteiger charge is -2.36. The van der Waals surface area contributed by atoms with Crippen LogP contribution in [0, 0.1) is 17.2 Å². The molecule has 4 fully saturated rings. The first-order valence-electron chi connectivity index (χ1n) is 17.9. The molecule has 3 amide bonds. The molecule has 3 saturated heterocycles. The Hall–Kier alpha value is -4.63. The fraction of sp³-hybridized carbons (Fsp3) is 0.541. The van der Waals surface area contributed by atoms with Crippen LogP contribution in [0.5, 0.6) is 0 Å². The molecule has 2 N–H and O–H groups in total. The second-order valence-electron chi connectivity index (χ2n) is 14.6. The Labute approximate surface area is 286 Å². The smallest absolute Gasteiger partial charge is 0.253 e. The zero-order valence-corrected chi connectivity index (χ0v) is 28.0. The van der Waals surface area contributed by atoms with Crippen molar-refractivity contribution < 1.29 is 14.4 Å². The van der Waals surface area contributed by atoms with E-state index < -0.39 is 5.41 Å². The van der Waals surface area contributed by atoms with Gasteiger partial charge in [0, 0.05) is 49.4 Å². The summed E-state index contributed by atoms with van der Waals surface area (Å²) in [5.41, 5.74) is 4.52. The maximum absolute atomic E-state index is 13.6. The molecular formula is C37H43N9O3. The normalized spacial score (nSPS) is 24.1. The number of carbonyl (C=O) groups is 3. The van der Waals surface area contributed by atoms with Crippen molar-refractivity contribution in [3.8, 4) is 6.07 Å². The Morgan fingerprint density at radius 3 is 2.06 bits per heavy atom. The second kappa shape index (κ2) is 12.7. The van der Waals surface area contributed by atoms with Crippen LogP contribution < -0.4 is 5.32 Å².